The first-order valence-corrected chi connectivity index (χ1v) is 4.81. The van der Waals surface area contributed by atoms with Crippen molar-refractivity contribution in [1.82, 2.24) is 0 Å². The van der Waals surface area contributed by atoms with Crippen LogP contribution in [0.2, 0.25) is 5.02 Å². The molecule has 0 unspecified atom stereocenters. The summed E-state index contributed by atoms with van der Waals surface area (Å²) in [5.41, 5.74) is -0.992. The van der Waals surface area contributed by atoms with Gasteiger partial charge in [0, 0.05) is 10.9 Å². The fourth-order valence-corrected chi connectivity index (χ4v) is 1.75. The lowest BCUT2D eigenvalue weighted by Crippen LogP contribution is -2.09. The Morgan fingerprint density at radius 3 is 2.33 bits per heavy atom. The molecular formula is C9H7Cl2F3O. The summed E-state index contributed by atoms with van der Waals surface area (Å²) >= 11 is 11.1. The second-order valence-electron chi connectivity index (χ2n) is 2.77. The zero-order valence-corrected chi connectivity index (χ0v) is 9.17. The lowest BCUT2D eigenvalue weighted by molar-refractivity contribution is -0.138. The number of benzene rings is 1. The van der Waals surface area contributed by atoms with Crippen molar-refractivity contribution in [2.45, 2.75) is 12.1 Å². The predicted molar refractivity (Wildman–Crippen MR) is 52.6 cm³/mol. The number of halogens is 5. The maximum atomic E-state index is 12.6. The van der Waals surface area contributed by atoms with Crippen LogP contribution in [0.1, 0.15) is 11.1 Å². The molecule has 0 fully saturated rings. The molecule has 1 aromatic carbocycles. The van der Waals surface area contributed by atoms with Gasteiger partial charge in [-0.25, -0.2) is 0 Å². The van der Waals surface area contributed by atoms with Gasteiger partial charge in [-0.2, -0.15) is 13.2 Å². The molecule has 0 N–H and O–H groups in total. The summed E-state index contributed by atoms with van der Waals surface area (Å²) in [7, 11) is 1.27. The van der Waals surface area contributed by atoms with Crippen LogP contribution in [0.15, 0.2) is 12.1 Å². The average molecular weight is 259 g/mol. The fraction of sp³-hybridized carbons (Fsp3) is 0.333. The van der Waals surface area contributed by atoms with E-state index in [2.05, 4.69) is 0 Å². The smallest absolute Gasteiger partial charge is 0.416 e. The standard InChI is InChI=1S/C9H7Cl2F3O/c1-15-5-2-7(9(12,13)14)6(4-10)8(11)3-5/h2-3H,4H2,1H3. The first kappa shape index (κ1) is 12.5. The van der Waals surface area contributed by atoms with Crippen LogP contribution in [-0.2, 0) is 12.1 Å². The molecule has 0 saturated heterocycles. The molecule has 1 rings (SSSR count). The van der Waals surface area contributed by atoms with Crippen LogP contribution in [0.3, 0.4) is 0 Å². The molecule has 0 atom stereocenters. The Balaban J connectivity index is 3.39. The minimum Gasteiger partial charge on any atom is -0.497 e. The number of ether oxygens (including phenoxy) is 1. The average Bonchev–Trinajstić information content (AvgIpc) is 2.15. The Bertz CT molecular complexity index is 363. The van der Waals surface area contributed by atoms with Gasteiger partial charge in [0.05, 0.1) is 12.7 Å². The van der Waals surface area contributed by atoms with E-state index in [0.29, 0.717) is 0 Å². The van der Waals surface area contributed by atoms with Crippen molar-refractivity contribution < 1.29 is 17.9 Å². The fourth-order valence-electron chi connectivity index (χ4n) is 1.12. The molecule has 0 aliphatic carbocycles. The monoisotopic (exact) mass is 258 g/mol. The zero-order valence-electron chi connectivity index (χ0n) is 7.66. The normalized spacial score (nSPS) is 11.6. The summed E-state index contributed by atoms with van der Waals surface area (Å²) in [4.78, 5) is 0. The third kappa shape index (κ3) is 2.69. The van der Waals surface area contributed by atoms with Crippen molar-refractivity contribution in [3.8, 4) is 5.75 Å². The van der Waals surface area contributed by atoms with E-state index in [1.54, 1.807) is 0 Å². The number of methoxy groups -OCH3 is 1. The van der Waals surface area contributed by atoms with Crippen LogP contribution < -0.4 is 4.74 Å². The molecule has 0 amide bonds. The topological polar surface area (TPSA) is 9.23 Å². The minimum atomic E-state index is -4.48. The van der Waals surface area contributed by atoms with Gasteiger partial charge in [-0.3, -0.25) is 0 Å². The molecule has 15 heavy (non-hydrogen) atoms. The Hall–Kier alpha value is -0.610. The summed E-state index contributed by atoms with van der Waals surface area (Å²) in [5, 5.41) is -0.0447. The predicted octanol–water partition coefficient (Wildman–Crippen LogP) is 4.11. The van der Waals surface area contributed by atoms with Crippen molar-refractivity contribution in [2.24, 2.45) is 0 Å². The van der Waals surface area contributed by atoms with Gasteiger partial charge in [-0.05, 0) is 17.7 Å². The maximum absolute atomic E-state index is 12.6. The van der Waals surface area contributed by atoms with Crippen LogP contribution in [0.25, 0.3) is 0 Å². The van der Waals surface area contributed by atoms with E-state index in [0.717, 1.165) is 6.07 Å². The summed E-state index contributed by atoms with van der Waals surface area (Å²) in [6.45, 7) is 0. The van der Waals surface area contributed by atoms with E-state index in [4.69, 9.17) is 27.9 Å². The zero-order chi connectivity index (χ0) is 11.6. The molecule has 0 heterocycles. The largest absolute Gasteiger partial charge is 0.497 e. The number of hydrogen-bond donors (Lipinski definition) is 0. The SMILES string of the molecule is COc1cc(Cl)c(CCl)c(C(F)(F)F)c1. The Morgan fingerprint density at radius 2 is 1.93 bits per heavy atom. The second kappa shape index (κ2) is 4.49. The lowest BCUT2D eigenvalue weighted by Gasteiger charge is -2.14. The molecule has 0 bridgehead atoms. The van der Waals surface area contributed by atoms with Crippen molar-refractivity contribution in [2.75, 3.05) is 7.11 Å². The van der Waals surface area contributed by atoms with Crippen LogP contribution in [0.5, 0.6) is 5.75 Å². The van der Waals surface area contributed by atoms with E-state index in [1.165, 1.54) is 13.2 Å². The lowest BCUT2D eigenvalue weighted by atomic mass is 10.1. The van der Waals surface area contributed by atoms with Gasteiger partial charge in [0.1, 0.15) is 5.75 Å². The Morgan fingerprint density at radius 1 is 1.33 bits per heavy atom. The van der Waals surface area contributed by atoms with Crippen molar-refractivity contribution in [3.63, 3.8) is 0 Å². The van der Waals surface area contributed by atoms with Crippen LogP contribution >= 0.6 is 23.2 Å². The van der Waals surface area contributed by atoms with Gasteiger partial charge in [0.15, 0.2) is 0 Å². The summed E-state index contributed by atoms with van der Waals surface area (Å²) in [6.07, 6.45) is -4.48. The third-order valence-corrected chi connectivity index (χ3v) is 2.45. The Labute approximate surface area is 94.7 Å². The van der Waals surface area contributed by atoms with Gasteiger partial charge in [-0.1, -0.05) is 11.6 Å². The van der Waals surface area contributed by atoms with E-state index in [-0.39, 0.29) is 22.2 Å². The van der Waals surface area contributed by atoms with Crippen LogP contribution in [0, 0.1) is 0 Å². The maximum Gasteiger partial charge on any atom is 0.416 e. The number of hydrogen-bond acceptors (Lipinski definition) is 1. The molecule has 84 valence electrons. The van der Waals surface area contributed by atoms with Crippen molar-refractivity contribution in [3.05, 3.63) is 28.3 Å². The van der Waals surface area contributed by atoms with E-state index < -0.39 is 11.7 Å². The quantitative estimate of drug-likeness (QED) is 0.726. The number of rotatable bonds is 2. The van der Waals surface area contributed by atoms with E-state index >= 15 is 0 Å². The first-order chi connectivity index (χ1) is 6.90. The number of alkyl halides is 4. The van der Waals surface area contributed by atoms with Crippen molar-refractivity contribution >= 4 is 23.2 Å². The molecular weight excluding hydrogens is 252 g/mol. The highest BCUT2D eigenvalue weighted by molar-refractivity contribution is 6.32. The first-order valence-electron chi connectivity index (χ1n) is 3.89. The highest BCUT2D eigenvalue weighted by Gasteiger charge is 2.34. The Kier molecular flexibility index (Phi) is 3.73. The van der Waals surface area contributed by atoms with E-state index in [1.807, 2.05) is 0 Å². The van der Waals surface area contributed by atoms with Gasteiger partial charge in [0.25, 0.3) is 0 Å². The molecule has 0 aliphatic rings. The second-order valence-corrected chi connectivity index (χ2v) is 3.44. The van der Waals surface area contributed by atoms with E-state index in [9.17, 15) is 13.2 Å². The molecule has 0 aromatic heterocycles. The highest BCUT2D eigenvalue weighted by Crippen LogP contribution is 2.38. The molecule has 0 radical (unpaired) electrons. The minimum absolute atomic E-state index is 0.0447. The van der Waals surface area contributed by atoms with Gasteiger partial charge < -0.3 is 4.74 Å². The molecule has 0 aliphatic heterocycles. The molecule has 1 aromatic rings. The molecule has 0 spiro atoms. The summed E-state index contributed by atoms with van der Waals surface area (Å²) in [6, 6.07) is 2.18. The molecule has 0 saturated carbocycles. The van der Waals surface area contributed by atoms with Gasteiger partial charge in [0.2, 0.25) is 0 Å². The summed E-state index contributed by atoms with van der Waals surface area (Å²) < 4.78 is 42.4. The molecule has 6 heteroatoms. The van der Waals surface area contributed by atoms with Gasteiger partial charge in [-0.15, -0.1) is 11.6 Å². The highest BCUT2D eigenvalue weighted by atomic mass is 35.5. The van der Waals surface area contributed by atoms with Crippen LogP contribution in [0.4, 0.5) is 13.2 Å². The van der Waals surface area contributed by atoms with Crippen LogP contribution in [-0.4, -0.2) is 7.11 Å². The summed E-state index contributed by atoms with van der Waals surface area (Å²) in [5.74, 6) is -0.237. The van der Waals surface area contributed by atoms with Crippen molar-refractivity contribution in [1.29, 1.82) is 0 Å². The third-order valence-electron chi connectivity index (χ3n) is 1.84. The molecule has 1 nitrogen and oxygen atoms in total. The van der Waals surface area contributed by atoms with Gasteiger partial charge >= 0.3 is 6.18 Å².